The van der Waals surface area contributed by atoms with Crippen LogP contribution in [0.5, 0.6) is 0 Å². The smallest absolute Gasteiger partial charge is 0.410 e. The maximum Gasteiger partial charge on any atom is 0.410 e. The predicted molar refractivity (Wildman–Crippen MR) is 89.3 cm³/mol. The molecule has 0 radical (unpaired) electrons. The second-order valence-corrected chi connectivity index (χ2v) is 7.86. The molecule has 4 nitrogen and oxygen atoms in total. The van der Waals surface area contributed by atoms with Gasteiger partial charge in [0.05, 0.1) is 15.2 Å². The van der Waals surface area contributed by atoms with Gasteiger partial charge in [0.15, 0.2) is 0 Å². The van der Waals surface area contributed by atoms with Crippen LogP contribution in [0.4, 0.5) is 4.79 Å². The van der Waals surface area contributed by atoms with E-state index in [4.69, 9.17) is 4.74 Å². The first-order chi connectivity index (χ1) is 10.4. The molecule has 2 aromatic rings. The van der Waals surface area contributed by atoms with Gasteiger partial charge >= 0.3 is 6.09 Å². The minimum atomic E-state index is -0.444. The Balaban J connectivity index is 1.72. The normalized spacial score (nSPS) is 18.9. The highest BCUT2D eigenvalue weighted by Crippen LogP contribution is 2.27. The quantitative estimate of drug-likeness (QED) is 0.832. The van der Waals surface area contributed by atoms with Crippen LogP contribution in [0.15, 0.2) is 24.3 Å². The third-order valence-electron chi connectivity index (χ3n) is 3.75. The monoisotopic (exact) mass is 318 g/mol. The molecule has 1 unspecified atom stereocenters. The minimum absolute atomic E-state index is 0.198. The van der Waals surface area contributed by atoms with Crippen molar-refractivity contribution in [3.8, 4) is 0 Å². The van der Waals surface area contributed by atoms with Crippen molar-refractivity contribution < 1.29 is 9.53 Å². The fourth-order valence-electron chi connectivity index (χ4n) is 2.82. The van der Waals surface area contributed by atoms with Crippen LogP contribution in [0, 0.1) is 0 Å². The van der Waals surface area contributed by atoms with E-state index in [9.17, 15) is 4.79 Å². The molecule has 118 valence electrons. The lowest BCUT2D eigenvalue weighted by atomic mass is 10.1. The van der Waals surface area contributed by atoms with Crippen molar-refractivity contribution in [2.24, 2.45) is 0 Å². The maximum absolute atomic E-state index is 12.3. The molecule has 0 bridgehead atoms. The number of benzene rings is 1. The van der Waals surface area contributed by atoms with E-state index >= 15 is 0 Å². The highest BCUT2D eigenvalue weighted by atomic mass is 32.1. The number of ether oxygens (including phenoxy) is 1. The van der Waals surface area contributed by atoms with Crippen LogP contribution >= 0.6 is 11.3 Å². The molecule has 1 fully saturated rings. The summed E-state index contributed by atoms with van der Waals surface area (Å²) in [6.07, 6.45) is 2.68. The third-order valence-corrected chi connectivity index (χ3v) is 4.81. The second kappa shape index (κ2) is 5.88. The molecule has 1 aliphatic heterocycles. The fraction of sp³-hybridized carbons (Fsp3) is 0.529. The van der Waals surface area contributed by atoms with Crippen LogP contribution in [0.1, 0.15) is 38.6 Å². The number of amides is 1. The number of nitrogens with zero attached hydrogens (tertiary/aromatic N) is 2. The molecule has 0 N–H and O–H groups in total. The number of para-hydroxylation sites is 1. The molecule has 1 amide bonds. The summed E-state index contributed by atoms with van der Waals surface area (Å²) in [5, 5.41) is 1.10. The molecule has 2 heterocycles. The summed E-state index contributed by atoms with van der Waals surface area (Å²) >= 11 is 1.72. The van der Waals surface area contributed by atoms with Gasteiger partial charge in [0.25, 0.3) is 0 Å². The molecule has 0 spiro atoms. The van der Waals surface area contributed by atoms with Crippen LogP contribution < -0.4 is 0 Å². The van der Waals surface area contributed by atoms with Crippen LogP contribution in [0.3, 0.4) is 0 Å². The highest BCUT2D eigenvalue weighted by Gasteiger charge is 2.32. The van der Waals surface area contributed by atoms with E-state index in [1.165, 1.54) is 4.70 Å². The van der Waals surface area contributed by atoms with E-state index in [0.29, 0.717) is 0 Å². The van der Waals surface area contributed by atoms with E-state index in [1.807, 2.05) is 43.9 Å². The lowest BCUT2D eigenvalue weighted by Crippen LogP contribution is -2.40. The summed E-state index contributed by atoms with van der Waals surface area (Å²) in [5.74, 6) is 0. The Morgan fingerprint density at radius 3 is 2.91 bits per heavy atom. The second-order valence-electron chi connectivity index (χ2n) is 6.75. The fourth-order valence-corrected chi connectivity index (χ4v) is 3.86. The number of aromatic nitrogens is 1. The summed E-state index contributed by atoms with van der Waals surface area (Å²) in [5.41, 5.74) is 0.601. The van der Waals surface area contributed by atoms with Crippen molar-refractivity contribution in [3.05, 3.63) is 29.3 Å². The largest absolute Gasteiger partial charge is 0.444 e. The summed E-state index contributed by atoms with van der Waals surface area (Å²) in [6, 6.07) is 8.38. The lowest BCUT2D eigenvalue weighted by Gasteiger charge is -2.28. The average Bonchev–Trinajstić information content (AvgIpc) is 3.02. The average molecular weight is 318 g/mol. The number of hydrogen-bond acceptors (Lipinski definition) is 4. The number of likely N-dealkylation sites (tertiary alicyclic amines) is 1. The van der Waals surface area contributed by atoms with E-state index in [2.05, 4.69) is 11.1 Å². The first kappa shape index (κ1) is 15.3. The minimum Gasteiger partial charge on any atom is -0.444 e. The van der Waals surface area contributed by atoms with Gasteiger partial charge in [-0.15, -0.1) is 11.3 Å². The molecule has 0 saturated carbocycles. The maximum atomic E-state index is 12.3. The van der Waals surface area contributed by atoms with Crippen LogP contribution in [0.2, 0.25) is 0 Å². The van der Waals surface area contributed by atoms with Gasteiger partial charge in [-0.2, -0.15) is 0 Å². The van der Waals surface area contributed by atoms with Crippen molar-refractivity contribution in [1.82, 2.24) is 9.88 Å². The van der Waals surface area contributed by atoms with Crippen LogP contribution in [0.25, 0.3) is 10.2 Å². The Labute approximate surface area is 135 Å². The van der Waals surface area contributed by atoms with Gasteiger partial charge in [-0.25, -0.2) is 9.78 Å². The molecule has 3 rings (SSSR count). The van der Waals surface area contributed by atoms with Crippen molar-refractivity contribution in [2.45, 2.75) is 51.7 Å². The topological polar surface area (TPSA) is 42.4 Å². The highest BCUT2D eigenvalue weighted by molar-refractivity contribution is 7.18. The van der Waals surface area contributed by atoms with E-state index in [1.54, 1.807) is 11.3 Å². The molecular weight excluding hydrogens is 296 g/mol. The van der Waals surface area contributed by atoms with Crippen LogP contribution in [-0.2, 0) is 11.2 Å². The Morgan fingerprint density at radius 2 is 2.18 bits per heavy atom. The van der Waals surface area contributed by atoms with Crippen molar-refractivity contribution in [3.63, 3.8) is 0 Å². The zero-order valence-electron chi connectivity index (χ0n) is 13.3. The van der Waals surface area contributed by atoms with Crippen molar-refractivity contribution >= 4 is 27.6 Å². The number of rotatable bonds is 2. The summed E-state index contributed by atoms with van der Waals surface area (Å²) in [6.45, 7) is 6.50. The molecule has 1 atom stereocenters. The Bertz CT molecular complexity index is 642. The van der Waals surface area contributed by atoms with Gasteiger partial charge in [-0.1, -0.05) is 12.1 Å². The molecular formula is C17H22N2O2S. The van der Waals surface area contributed by atoms with E-state index < -0.39 is 5.60 Å². The number of carbonyl (C=O) groups is 1. The molecule has 0 aliphatic carbocycles. The molecule has 5 heteroatoms. The SMILES string of the molecule is CC(C)(C)OC(=O)N1CCCC1Cc1nc2ccccc2s1. The molecule has 1 aliphatic rings. The Hall–Kier alpha value is -1.62. The van der Waals surface area contributed by atoms with Crippen molar-refractivity contribution in [2.75, 3.05) is 6.54 Å². The first-order valence-electron chi connectivity index (χ1n) is 7.76. The summed E-state index contributed by atoms with van der Waals surface area (Å²) in [4.78, 5) is 18.9. The summed E-state index contributed by atoms with van der Waals surface area (Å²) in [7, 11) is 0. The Kier molecular flexibility index (Phi) is 4.08. The number of fused-ring (bicyclic) bond motifs is 1. The predicted octanol–water partition coefficient (Wildman–Crippen LogP) is 4.24. The third kappa shape index (κ3) is 3.40. The molecule has 1 saturated heterocycles. The van der Waals surface area contributed by atoms with E-state index in [-0.39, 0.29) is 12.1 Å². The standard InChI is InChI=1S/C17H22N2O2S/c1-17(2,3)21-16(20)19-10-6-7-12(19)11-15-18-13-8-4-5-9-14(13)22-15/h4-5,8-9,12H,6-7,10-11H2,1-3H3. The molecule has 1 aromatic heterocycles. The lowest BCUT2D eigenvalue weighted by molar-refractivity contribution is 0.0227. The van der Waals surface area contributed by atoms with Gasteiger partial charge in [-0.3, -0.25) is 0 Å². The van der Waals surface area contributed by atoms with Gasteiger partial charge in [-0.05, 0) is 45.7 Å². The van der Waals surface area contributed by atoms with Gasteiger partial charge in [0.1, 0.15) is 5.60 Å². The number of hydrogen-bond donors (Lipinski definition) is 0. The van der Waals surface area contributed by atoms with Crippen LogP contribution in [-0.4, -0.2) is 34.2 Å². The molecule has 1 aromatic carbocycles. The van der Waals surface area contributed by atoms with E-state index in [0.717, 1.165) is 36.3 Å². The Morgan fingerprint density at radius 1 is 1.41 bits per heavy atom. The summed E-state index contributed by atoms with van der Waals surface area (Å²) < 4.78 is 6.73. The van der Waals surface area contributed by atoms with Gasteiger partial charge in [0, 0.05) is 19.0 Å². The van der Waals surface area contributed by atoms with Gasteiger partial charge < -0.3 is 9.64 Å². The number of carbonyl (C=O) groups excluding carboxylic acids is 1. The van der Waals surface area contributed by atoms with Crippen molar-refractivity contribution in [1.29, 1.82) is 0 Å². The van der Waals surface area contributed by atoms with Gasteiger partial charge in [0.2, 0.25) is 0 Å². The molecule has 22 heavy (non-hydrogen) atoms. The zero-order chi connectivity index (χ0) is 15.7. The number of thiazole rings is 1. The first-order valence-corrected chi connectivity index (χ1v) is 8.58. The zero-order valence-corrected chi connectivity index (χ0v) is 14.2.